The van der Waals surface area contributed by atoms with Crippen LogP contribution in [0.2, 0.25) is 0 Å². The Labute approximate surface area is 75.2 Å². The van der Waals surface area contributed by atoms with E-state index in [0.29, 0.717) is 0 Å². The number of rotatable bonds is 5. The largest absolute Gasteiger partial charge is 0.390 e. The van der Waals surface area contributed by atoms with E-state index >= 15 is 0 Å². The van der Waals surface area contributed by atoms with Crippen molar-refractivity contribution in [3.63, 3.8) is 0 Å². The van der Waals surface area contributed by atoms with E-state index in [1.165, 1.54) is 0 Å². The highest BCUT2D eigenvalue weighted by molar-refractivity contribution is 4.90. The van der Waals surface area contributed by atoms with Crippen molar-refractivity contribution >= 4 is 0 Å². The minimum Gasteiger partial charge on any atom is -0.390 e. The Morgan fingerprint density at radius 3 is 2.42 bits per heavy atom. The number of allylic oxidation sites excluding steroid dienone is 1. The van der Waals surface area contributed by atoms with Crippen molar-refractivity contribution in [2.45, 2.75) is 45.3 Å². The minimum atomic E-state index is -0.449. The van der Waals surface area contributed by atoms with Crippen molar-refractivity contribution in [3.8, 4) is 0 Å². The van der Waals surface area contributed by atoms with Gasteiger partial charge in [-0.3, -0.25) is 0 Å². The third kappa shape index (κ3) is 3.88. The molecule has 0 aliphatic carbocycles. The molecule has 0 aliphatic heterocycles. The highest BCUT2D eigenvalue weighted by Crippen LogP contribution is 2.19. The molecular weight excluding hydrogens is 152 g/mol. The molecule has 0 spiro atoms. The molecule has 0 amide bonds. The van der Waals surface area contributed by atoms with Gasteiger partial charge in [0.05, 0.1) is 11.7 Å². The van der Waals surface area contributed by atoms with Crippen molar-refractivity contribution in [1.29, 1.82) is 0 Å². The molecule has 0 saturated heterocycles. The molecule has 0 fully saturated rings. The molecule has 0 saturated carbocycles. The van der Waals surface area contributed by atoms with Gasteiger partial charge in [-0.05, 0) is 33.6 Å². The predicted octanol–water partition coefficient (Wildman–Crippen LogP) is 2.13. The molecule has 2 nitrogen and oxygen atoms in total. The van der Waals surface area contributed by atoms with Gasteiger partial charge in [-0.15, -0.1) is 6.58 Å². The number of ether oxygens (including phenoxy) is 1. The van der Waals surface area contributed by atoms with E-state index in [1.54, 1.807) is 7.11 Å². The van der Waals surface area contributed by atoms with Crippen LogP contribution in [0.15, 0.2) is 12.2 Å². The molecule has 1 unspecified atom stereocenters. The Kier molecular flexibility index (Phi) is 4.50. The normalized spacial score (nSPS) is 14.4. The number of aliphatic hydroxyl groups excluding tert-OH is 1. The fraction of sp³-hybridized carbons (Fsp3) is 0.800. The Morgan fingerprint density at radius 2 is 2.08 bits per heavy atom. The van der Waals surface area contributed by atoms with Gasteiger partial charge in [-0.2, -0.15) is 0 Å². The first-order valence-electron chi connectivity index (χ1n) is 4.27. The summed E-state index contributed by atoms with van der Waals surface area (Å²) in [5, 5.41) is 9.66. The van der Waals surface area contributed by atoms with Gasteiger partial charge in [0.1, 0.15) is 0 Å². The Morgan fingerprint density at radius 1 is 1.58 bits per heavy atom. The number of hydrogen-bond acceptors (Lipinski definition) is 2. The van der Waals surface area contributed by atoms with E-state index in [-0.39, 0.29) is 0 Å². The summed E-state index contributed by atoms with van der Waals surface area (Å²) < 4.78 is 5.15. The predicted molar refractivity (Wildman–Crippen MR) is 51.1 cm³/mol. The van der Waals surface area contributed by atoms with Crippen LogP contribution in [0.4, 0.5) is 0 Å². The first kappa shape index (κ1) is 11.7. The minimum absolute atomic E-state index is 0.417. The highest BCUT2D eigenvalue weighted by atomic mass is 16.5. The molecule has 0 heterocycles. The number of aliphatic hydroxyl groups is 1. The second-order valence-electron chi connectivity index (χ2n) is 3.82. The zero-order valence-electron chi connectivity index (χ0n) is 8.55. The van der Waals surface area contributed by atoms with Gasteiger partial charge in [0, 0.05) is 7.11 Å². The van der Waals surface area contributed by atoms with Gasteiger partial charge in [-0.25, -0.2) is 0 Å². The third-order valence-electron chi connectivity index (χ3n) is 2.17. The van der Waals surface area contributed by atoms with Crippen LogP contribution in [-0.4, -0.2) is 23.9 Å². The van der Waals surface area contributed by atoms with Crippen LogP contribution < -0.4 is 0 Å². The monoisotopic (exact) mass is 172 g/mol. The number of hydrogen-bond donors (Lipinski definition) is 1. The van der Waals surface area contributed by atoms with Gasteiger partial charge in [-0.1, -0.05) is 5.57 Å². The molecular formula is C10H20O2. The standard InChI is InChI=1S/C10H20O2/c1-8(2)6-7-9(11)10(3,4)12-5/h9,11H,1,6-7H2,2-5H3. The lowest BCUT2D eigenvalue weighted by Gasteiger charge is -2.29. The maximum Gasteiger partial charge on any atom is 0.0880 e. The maximum atomic E-state index is 9.66. The molecule has 0 aromatic heterocycles. The molecule has 72 valence electrons. The smallest absolute Gasteiger partial charge is 0.0880 e. The average Bonchev–Trinajstić information content (AvgIpc) is 2.00. The van der Waals surface area contributed by atoms with Crippen LogP contribution in [0.25, 0.3) is 0 Å². The lowest BCUT2D eigenvalue weighted by atomic mass is 9.96. The van der Waals surface area contributed by atoms with E-state index in [2.05, 4.69) is 6.58 Å². The van der Waals surface area contributed by atoms with Crippen molar-refractivity contribution in [1.82, 2.24) is 0 Å². The molecule has 0 rings (SSSR count). The molecule has 1 N–H and O–H groups in total. The van der Waals surface area contributed by atoms with Gasteiger partial charge < -0.3 is 9.84 Å². The maximum absolute atomic E-state index is 9.66. The van der Waals surface area contributed by atoms with E-state index < -0.39 is 11.7 Å². The first-order valence-corrected chi connectivity index (χ1v) is 4.27. The number of methoxy groups -OCH3 is 1. The van der Waals surface area contributed by atoms with Crippen molar-refractivity contribution in [2.75, 3.05) is 7.11 Å². The molecule has 12 heavy (non-hydrogen) atoms. The second-order valence-corrected chi connectivity index (χ2v) is 3.82. The highest BCUT2D eigenvalue weighted by Gasteiger charge is 2.26. The Balaban J connectivity index is 3.86. The molecule has 0 aromatic rings. The lowest BCUT2D eigenvalue weighted by molar-refractivity contribution is -0.0797. The molecule has 2 heteroatoms. The molecule has 0 aliphatic rings. The summed E-state index contributed by atoms with van der Waals surface area (Å²) in [4.78, 5) is 0. The van der Waals surface area contributed by atoms with Crippen LogP contribution in [0.5, 0.6) is 0 Å². The molecule has 1 atom stereocenters. The van der Waals surface area contributed by atoms with Gasteiger partial charge in [0.15, 0.2) is 0 Å². The summed E-state index contributed by atoms with van der Waals surface area (Å²) in [5.74, 6) is 0. The van der Waals surface area contributed by atoms with E-state index in [0.717, 1.165) is 18.4 Å². The van der Waals surface area contributed by atoms with Crippen LogP contribution in [0.1, 0.15) is 33.6 Å². The van der Waals surface area contributed by atoms with Crippen LogP contribution in [0, 0.1) is 0 Å². The topological polar surface area (TPSA) is 29.5 Å². The molecule has 0 bridgehead atoms. The van der Waals surface area contributed by atoms with Gasteiger partial charge >= 0.3 is 0 Å². The third-order valence-corrected chi connectivity index (χ3v) is 2.17. The van der Waals surface area contributed by atoms with E-state index in [9.17, 15) is 5.11 Å². The second kappa shape index (κ2) is 4.63. The van der Waals surface area contributed by atoms with Crippen molar-refractivity contribution < 1.29 is 9.84 Å². The van der Waals surface area contributed by atoms with E-state index in [4.69, 9.17) is 4.74 Å². The molecule has 0 aromatic carbocycles. The summed E-state index contributed by atoms with van der Waals surface area (Å²) in [5.41, 5.74) is 0.649. The first-order chi connectivity index (χ1) is 5.40. The SMILES string of the molecule is C=C(C)CCC(O)C(C)(C)OC. The Hall–Kier alpha value is -0.340. The van der Waals surface area contributed by atoms with Crippen LogP contribution in [-0.2, 0) is 4.74 Å². The van der Waals surface area contributed by atoms with Crippen LogP contribution in [0.3, 0.4) is 0 Å². The van der Waals surface area contributed by atoms with Crippen molar-refractivity contribution in [2.24, 2.45) is 0 Å². The Bertz CT molecular complexity index is 150. The van der Waals surface area contributed by atoms with Gasteiger partial charge in [0.2, 0.25) is 0 Å². The summed E-state index contributed by atoms with van der Waals surface area (Å²) >= 11 is 0. The van der Waals surface area contributed by atoms with E-state index in [1.807, 2.05) is 20.8 Å². The summed E-state index contributed by atoms with van der Waals surface area (Å²) in [6, 6.07) is 0. The van der Waals surface area contributed by atoms with Crippen molar-refractivity contribution in [3.05, 3.63) is 12.2 Å². The zero-order valence-corrected chi connectivity index (χ0v) is 8.55. The van der Waals surface area contributed by atoms with Crippen LogP contribution >= 0.6 is 0 Å². The summed E-state index contributed by atoms with van der Waals surface area (Å²) in [7, 11) is 1.62. The fourth-order valence-corrected chi connectivity index (χ4v) is 0.867. The lowest BCUT2D eigenvalue weighted by Crippen LogP contribution is -2.37. The summed E-state index contributed by atoms with van der Waals surface area (Å²) in [6.07, 6.45) is 1.16. The molecule has 0 radical (unpaired) electrons. The fourth-order valence-electron chi connectivity index (χ4n) is 0.867. The van der Waals surface area contributed by atoms with Gasteiger partial charge in [0.25, 0.3) is 0 Å². The summed E-state index contributed by atoms with van der Waals surface area (Å²) in [6.45, 7) is 9.52. The average molecular weight is 172 g/mol. The quantitative estimate of drug-likeness (QED) is 0.644. The zero-order chi connectivity index (χ0) is 9.78.